The number of nitrogens with two attached hydrogens (primary N) is 1. The smallest absolute Gasteiger partial charge is 0.417 e. The molecule has 1 amide bonds. The number of hydrogen-bond acceptors (Lipinski definition) is 9. The zero-order chi connectivity index (χ0) is 30.5. The van der Waals surface area contributed by atoms with Crippen LogP contribution in [0.25, 0.3) is 0 Å². The number of nitrogens with zero attached hydrogens (tertiary/aromatic N) is 2. The van der Waals surface area contributed by atoms with E-state index in [0.29, 0.717) is 23.7 Å². The van der Waals surface area contributed by atoms with Crippen LogP contribution in [0.4, 0.5) is 18.9 Å². The molecule has 0 saturated carbocycles. The van der Waals surface area contributed by atoms with Crippen LogP contribution in [0.5, 0.6) is 5.75 Å². The number of aryl methyl sites for hydroxylation is 2. The standard InChI is InChI=1S/C23H28F3N5O7S2/c1-10(2)17(15-9-11(3)12(4)38-15)29-20-18(22(39(27,34)35)40(36,37)30-20)28-14-8-7-13(23(24,25)26)16(19(14)32)21(33)31(5)6/h7-10,17,28,32H,1-6H3,(H,29,30)(H2,27,34,35). The highest BCUT2D eigenvalue weighted by molar-refractivity contribution is 8.13. The summed E-state index contributed by atoms with van der Waals surface area (Å²) in [5, 5.41) is 18.3. The Morgan fingerprint density at radius 1 is 1.23 bits per heavy atom. The van der Waals surface area contributed by atoms with Crippen molar-refractivity contribution in [2.24, 2.45) is 16.0 Å². The number of carbonyl (C=O) groups excluding carboxylic acids is 1. The van der Waals surface area contributed by atoms with E-state index in [-0.39, 0.29) is 5.92 Å². The van der Waals surface area contributed by atoms with Crippen molar-refractivity contribution in [1.29, 1.82) is 0 Å². The molecule has 17 heteroatoms. The summed E-state index contributed by atoms with van der Waals surface area (Å²) in [7, 11) is -7.52. The number of aliphatic imine (C=N–C) groups is 1. The summed E-state index contributed by atoms with van der Waals surface area (Å²) in [4.78, 5) is 17.7. The first-order valence-electron chi connectivity index (χ1n) is 11.5. The third-order valence-electron chi connectivity index (χ3n) is 5.91. The molecule has 0 spiro atoms. The summed E-state index contributed by atoms with van der Waals surface area (Å²) < 4.78 is 97.8. The summed E-state index contributed by atoms with van der Waals surface area (Å²) in [6.45, 7) is 6.96. The van der Waals surface area contributed by atoms with Gasteiger partial charge in [-0.05, 0) is 43.5 Å². The van der Waals surface area contributed by atoms with E-state index in [1.165, 1.54) is 0 Å². The molecule has 1 aromatic heterocycles. The van der Waals surface area contributed by atoms with Crippen LogP contribution in [0.2, 0.25) is 0 Å². The fourth-order valence-electron chi connectivity index (χ4n) is 3.88. The normalized spacial score (nSPS) is 17.3. The predicted octanol–water partition coefficient (Wildman–Crippen LogP) is 2.92. The highest BCUT2D eigenvalue weighted by Crippen LogP contribution is 2.41. The van der Waals surface area contributed by atoms with Gasteiger partial charge in [-0.15, -0.1) is 0 Å². The van der Waals surface area contributed by atoms with E-state index in [1.54, 1.807) is 33.8 Å². The molecule has 3 rings (SSSR count). The van der Waals surface area contributed by atoms with Gasteiger partial charge in [0.1, 0.15) is 23.3 Å². The van der Waals surface area contributed by atoms with E-state index in [4.69, 9.17) is 9.56 Å². The van der Waals surface area contributed by atoms with Crippen molar-refractivity contribution in [3.05, 3.63) is 56.3 Å². The van der Waals surface area contributed by atoms with Crippen LogP contribution in [0, 0.1) is 19.8 Å². The number of furan rings is 1. The van der Waals surface area contributed by atoms with Crippen LogP contribution in [-0.4, -0.2) is 52.7 Å². The Morgan fingerprint density at radius 3 is 2.27 bits per heavy atom. The Morgan fingerprint density at radius 2 is 1.82 bits per heavy atom. The molecule has 1 aromatic carbocycles. The number of carbonyl (C=O) groups is 1. The fraction of sp³-hybridized carbons (Fsp3) is 0.391. The molecule has 2 heterocycles. The van der Waals surface area contributed by atoms with Gasteiger partial charge in [-0.3, -0.25) is 14.5 Å². The number of aromatic hydroxyl groups is 1. The van der Waals surface area contributed by atoms with E-state index in [2.05, 4.69) is 10.3 Å². The van der Waals surface area contributed by atoms with Crippen molar-refractivity contribution in [2.45, 2.75) is 39.9 Å². The van der Waals surface area contributed by atoms with Crippen molar-refractivity contribution in [3.63, 3.8) is 0 Å². The van der Waals surface area contributed by atoms with Crippen molar-refractivity contribution in [1.82, 2.24) is 9.62 Å². The minimum absolute atomic E-state index is 0.314. The molecule has 0 bridgehead atoms. The lowest BCUT2D eigenvalue weighted by Crippen LogP contribution is -2.28. The van der Waals surface area contributed by atoms with Crippen molar-refractivity contribution < 1.29 is 44.3 Å². The average molecular weight is 608 g/mol. The summed E-state index contributed by atoms with van der Waals surface area (Å²) in [5.74, 6) is -2.41. The zero-order valence-electron chi connectivity index (χ0n) is 22.2. The summed E-state index contributed by atoms with van der Waals surface area (Å²) in [6, 6.07) is 2.01. The van der Waals surface area contributed by atoms with Gasteiger partial charge in [-0.25, -0.2) is 22.0 Å². The van der Waals surface area contributed by atoms with Gasteiger partial charge in [0.15, 0.2) is 11.6 Å². The summed E-state index contributed by atoms with van der Waals surface area (Å²) in [5.41, 5.74) is -3.23. The summed E-state index contributed by atoms with van der Waals surface area (Å²) >= 11 is 0. The number of halogens is 3. The first kappa shape index (κ1) is 31.0. The number of sulfonamides is 2. The van der Waals surface area contributed by atoms with E-state index >= 15 is 0 Å². The number of anilines is 1. The van der Waals surface area contributed by atoms with Gasteiger partial charge in [0, 0.05) is 14.1 Å². The number of rotatable bonds is 7. The largest absolute Gasteiger partial charge is 0.505 e. The first-order chi connectivity index (χ1) is 18.2. The quantitative estimate of drug-likeness (QED) is 0.346. The summed E-state index contributed by atoms with van der Waals surface area (Å²) in [6.07, 6.45) is -5.04. The second kappa shape index (κ2) is 10.4. The highest BCUT2D eigenvalue weighted by Gasteiger charge is 2.43. The highest BCUT2D eigenvalue weighted by atomic mass is 32.3. The van der Waals surface area contributed by atoms with Gasteiger partial charge in [0.25, 0.3) is 26.0 Å². The average Bonchev–Trinajstić information content (AvgIpc) is 3.25. The maximum Gasteiger partial charge on any atom is 0.417 e. The molecule has 1 unspecified atom stereocenters. The zero-order valence-corrected chi connectivity index (χ0v) is 23.8. The van der Waals surface area contributed by atoms with Gasteiger partial charge < -0.3 is 19.7 Å². The van der Waals surface area contributed by atoms with Crippen LogP contribution in [0.15, 0.2) is 37.5 Å². The number of amides is 1. The molecule has 0 radical (unpaired) electrons. The molecule has 0 fully saturated rings. The lowest BCUT2D eigenvalue weighted by molar-refractivity contribution is -0.138. The Balaban J connectivity index is 2.30. The number of hydrogen-bond donors (Lipinski definition) is 4. The SMILES string of the molecule is Cc1cc(C(N=C2NS(=O)(=O)C(S(N)(=O)=O)=C2Nc2ccc(C(F)(F)F)c(C(=O)N(C)C)c2O)C(C)C)oc1C. The van der Waals surface area contributed by atoms with Crippen LogP contribution in [0.1, 0.15) is 52.9 Å². The van der Waals surface area contributed by atoms with Crippen LogP contribution < -0.4 is 15.2 Å². The fourth-order valence-corrected chi connectivity index (χ4v) is 6.58. The van der Waals surface area contributed by atoms with Gasteiger partial charge >= 0.3 is 6.18 Å². The second-order valence-electron chi connectivity index (χ2n) is 9.57. The maximum absolute atomic E-state index is 13.7. The number of phenols is 1. The number of benzene rings is 1. The first-order valence-corrected chi connectivity index (χ1v) is 14.6. The predicted molar refractivity (Wildman–Crippen MR) is 140 cm³/mol. The van der Waals surface area contributed by atoms with E-state index < -0.39 is 76.5 Å². The molecule has 1 atom stereocenters. The molecule has 0 saturated heterocycles. The van der Waals surface area contributed by atoms with Gasteiger partial charge in [0.05, 0.1) is 16.8 Å². The molecule has 2 aromatic rings. The molecule has 40 heavy (non-hydrogen) atoms. The molecule has 220 valence electrons. The number of amidine groups is 1. The molecule has 5 N–H and O–H groups in total. The van der Waals surface area contributed by atoms with Gasteiger partial charge in [-0.2, -0.15) is 13.2 Å². The van der Waals surface area contributed by atoms with Crippen LogP contribution >= 0.6 is 0 Å². The molecule has 12 nitrogen and oxygen atoms in total. The monoisotopic (exact) mass is 607 g/mol. The maximum atomic E-state index is 13.7. The number of nitrogens with one attached hydrogen (secondary N) is 2. The molecular formula is C23H28F3N5O7S2. The Kier molecular flexibility index (Phi) is 8.08. The minimum atomic E-state index is -5.04. The Labute approximate surface area is 228 Å². The van der Waals surface area contributed by atoms with Crippen LogP contribution in [-0.2, 0) is 26.2 Å². The third kappa shape index (κ3) is 5.95. The van der Waals surface area contributed by atoms with Gasteiger partial charge in [0.2, 0.25) is 4.24 Å². The molecular weight excluding hydrogens is 579 g/mol. The molecule has 1 aliphatic heterocycles. The number of phenolic OH excluding ortho intramolecular Hbond substituents is 1. The minimum Gasteiger partial charge on any atom is -0.505 e. The Hall–Kier alpha value is -3.57. The molecule has 1 aliphatic rings. The van der Waals surface area contributed by atoms with Gasteiger partial charge in [-0.1, -0.05) is 13.8 Å². The second-order valence-corrected chi connectivity index (χ2v) is 13.0. The lowest BCUT2D eigenvalue weighted by Gasteiger charge is -2.20. The van der Waals surface area contributed by atoms with Crippen molar-refractivity contribution in [2.75, 3.05) is 19.4 Å². The van der Waals surface area contributed by atoms with E-state index in [1.807, 2.05) is 4.72 Å². The van der Waals surface area contributed by atoms with Crippen LogP contribution in [0.3, 0.4) is 0 Å². The van der Waals surface area contributed by atoms with Crippen molar-refractivity contribution >= 4 is 37.5 Å². The van der Waals surface area contributed by atoms with E-state index in [0.717, 1.165) is 24.6 Å². The Bertz CT molecular complexity index is 1620. The number of alkyl halides is 3. The van der Waals surface area contributed by atoms with Crippen molar-refractivity contribution in [3.8, 4) is 5.75 Å². The lowest BCUT2D eigenvalue weighted by atomic mass is 10.0. The molecule has 0 aliphatic carbocycles. The number of primary sulfonamides is 1. The van der Waals surface area contributed by atoms with E-state index in [9.17, 15) is 39.9 Å². The topological polar surface area (TPSA) is 184 Å². The third-order valence-corrected chi connectivity index (χ3v) is 9.14.